The largest absolute Gasteiger partial charge is 0.389 e. The van der Waals surface area contributed by atoms with E-state index in [1.165, 1.54) is 0 Å². The van der Waals surface area contributed by atoms with Gasteiger partial charge in [-0.25, -0.2) is 0 Å². The van der Waals surface area contributed by atoms with Gasteiger partial charge in [-0.1, -0.05) is 30.4 Å². The van der Waals surface area contributed by atoms with E-state index >= 15 is 0 Å². The van der Waals surface area contributed by atoms with Gasteiger partial charge in [-0.15, -0.1) is 0 Å². The summed E-state index contributed by atoms with van der Waals surface area (Å²) in [4.78, 5) is 0. The molecule has 1 aromatic carbocycles. The molecule has 0 spiro atoms. The summed E-state index contributed by atoms with van der Waals surface area (Å²) in [7, 11) is 1.68. The predicted octanol–water partition coefficient (Wildman–Crippen LogP) is 2.23. The van der Waals surface area contributed by atoms with Crippen molar-refractivity contribution >= 4 is 6.08 Å². The summed E-state index contributed by atoms with van der Waals surface area (Å²) < 4.78 is 5.03. The van der Waals surface area contributed by atoms with Crippen molar-refractivity contribution in [3.8, 4) is 0 Å². The number of hydrogen-bond donors (Lipinski definition) is 1. The summed E-state index contributed by atoms with van der Waals surface area (Å²) in [6.07, 6.45) is 3.26. The Hall–Kier alpha value is -1.12. The first-order valence-corrected chi connectivity index (χ1v) is 4.66. The minimum atomic E-state index is -0.402. The smallest absolute Gasteiger partial charge is 0.0713 e. The Bertz CT molecular complexity index is 303. The van der Waals surface area contributed by atoms with E-state index in [9.17, 15) is 0 Å². The molecule has 1 rings (SSSR count). The molecule has 1 aromatic rings. The van der Waals surface area contributed by atoms with Crippen molar-refractivity contribution in [2.75, 3.05) is 7.11 Å². The molecular formula is C12H16O2. The zero-order chi connectivity index (χ0) is 10.4. The van der Waals surface area contributed by atoms with Crippen LogP contribution in [0.2, 0.25) is 0 Å². The third-order valence-corrected chi connectivity index (χ3v) is 1.83. The third-order valence-electron chi connectivity index (χ3n) is 1.83. The van der Waals surface area contributed by atoms with Crippen LogP contribution in [0.5, 0.6) is 0 Å². The Balaban J connectivity index is 2.73. The average Bonchev–Trinajstić information content (AvgIpc) is 2.16. The summed E-state index contributed by atoms with van der Waals surface area (Å²) in [5, 5.41) is 9.07. The molecule has 0 amide bonds. The molecule has 0 aliphatic rings. The van der Waals surface area contributed by atoms with Crippen LogP contribution < -0.4 is 0 Å². The summed E-state index contributed by atoms with van der Waals surface area (Å²) in [6, 6.07) is 8.04. The first-order valence-electron chi connectivity index (χ1n) is 4.66. The van der Waals surface area contributed by atoms with Gasteiger partial charge in [0.25, 0.3) is 0 Å². The van der Waals surface area contributed by atoms with Crippen molar-refractivity contribution in [1.82, 2.24) is 0 Å². The molecule has 0 aliphatic carbocycles. The normalized spacial score (nSPS) is 13.4. The highest BCUT2D eigenvalue weighted by Crippen LogP contribution is 2.08. The highest BCUT2D eigenvalue weighted by atomic mass is 16.5. The number of ether oxygens (including phenoxy) is 1. The van der Waals surface area contributed by atoms with Gasteiger partial charge < -0.3 is 9.84 Å². The Morgan fingerprint density at radius 3 is 2.93 bits per heavy atom. The highest BCUT2D eigenvalue weighted by molar-refractivity contribution is 5.50. The van der Waals surface area contributed by atoms with E-state index in [2.05, 4.69) is 0 Å². The van der Waals surface area contributed by atoms with Gasteiger partial charge >= 0.3 is 0 Å². The molecule has 0 radical (unpaired) electrons. The van der Waals surface area contributed by atoms with Crippen LogP contribution in [0.25, 0.3) is 6.08 Å². The van der Waals surface area contributed by atoms with Crippen molar-refractivity contribution < 1.29 is 9.84 Å². The Labute approximate surface area is 84.8 Å². The lowest BCUT2D eigenvalue weighted by atomic mass is 10.1. The highest BCUT2D eigenvalue weighted by Gasteiger charge is 1.93. The maximum absolute atomic E-state index is 9.07. The van der Waals surface area contributed by atoms with Crippen LogP contribution in [0.15, 0.2) is 30.3 Å². The lowest BCUT2D eigenvalue weighted by molar-refractivity contribution is 0.185. The van der Waals surface area contributed by atoms with Crippen LogP contribution in [0, 0.1) is 0 Å². The zero-order valence-electron chi connectivity index (χ0n) is 8.60. The van der Waals surface area contributed by atoms with E-state index in [0.717, 1.165) is 11.1 Å². The topological polar surface area (TPSA) is 29.5 Å². The molecular weight excluding hydrogens is 176 g/mol. The number of rotatable bonds is 4. The second-order valence-electron chi connectivity index (χ2n) is 3.28. The third kappa shape index (κ3) is 3.73. The van der Waals surface area contributed by atoms with E-state index < -0.39 is 6.10 Å². The number of benzene rings is 1. The second kappa shape index (κ2) is 5.58. The molecule has 0 aromatic heterocycles. The lowest BCUT2D eigenvalue weighted by Gasteiger charge is -2.01. The van der Waals surface area contributed by atoms with Gasteiger partial charge in [0.05, 0.1) is 12.7 Å². The fourth-order valence-corrected chi connectivity index (χ4v) is 1.20. The van der Waals surface area contributed by atoms with Crippen molar-refractivity contribution in [3.05, 3.63) is 41.5 Å². The molecule has 0 heterocycles. The first kappa shape index (κ1) is 11.0. The molecule has 0 aliphatic heterocycles. The molecule has 0 saturated carbocycles. The summed E-state index contributed by atoms with van der Waals surface area (Å²) >= 11 is 0. The molecule has 0 bridgehead atoms. The van der Waals surface area contributed by atoms with Gasteiger partial charge in [-0.2, -0.15) is 0 Å². The molecule has 2 nitrogen and oxygen atoms in total. The summed E-state index contributed by atoms with van der Waals surface area (Å²) in [6.45, 7) is 2.35. The van der Waals surface area contributed by atoms with Gasteiger partial charge in [-0.05, 0) is 24.1 Å². The van der Waals surface area contributed by atoms with Crippen molar-refractivity contribution in [2.24, 2.45) is 0 Å². The van der Waals surface area contributed by atoms with E-state index in [1.54, 1.807) is 20.1 Å². The van der Waals surface area contributed by atoms with Crippen molar-refractivity contribution in [2.45, 2.75) is 19.6 Å². The quantitative estimate of drug-likeness (QED) is 0.792. The Morgan fingerprint density at radius 2 is 2.29 bits per heavy atom. The molecule has 1 N–H and O–H groups in total. The minimum Gasteiger partial charge on any atom is -0.389 e. The number of aliphatic hydroxyl groups excluding tert-OH is 1. The van der Waals surface area contributed by atoms with Crippen LogP contribution in [0.1, 0.15) is 18.1 Å². The van der Waals surface area contributed by atoms with Crippen molar-refractivity contribution in [1.29, 1.82) is 0 Å². The standard InChI is InChI=1S/C12H16O2/c1-10(13)6-7-11-4-3-5-12(8-11)9-14-2/h3-8,10,13H,9H2,1-2H3/b7-6+. The molecule has 2 heteroatoms. The molecule has 14 heavy (non-hydrogen) atoms. The van der Waals surface area contributed by atoms with Gasteiger partial charge in [0.15, 0.2) is 0 Å². The van der Waals surface area contributed by atoms with Gasteiger partial charge in [0, 0.05) is 7.11 Å². The maximum Gasteiger partial charge on any atom is 0.0713 e. The molecule has 1 atom stereocenters. The average molecular weight is 192 g/mol. The Morgan fingerprint density at radius 1 is 1.50 bits per heavy atom. The van der Waals surface area contributed by atoms with Crippen molar-refractivity contribution in [3.63, 3.8) is 0 Å². The van der Waals surface area contributed by atoms with E-state index in [4.69, 9.17) is 9.84 Å². The van der Waals surface area contributed by atoms with Gasteiger partial charge in [0.2, 0.25) is 0 Å². The van der Waals surface area contributed by atoms with E-state index in [0.29, 0.717) is 6.61 Å². The predicted molar refractivity (Wildman–Crippen MR) is 57.9 cm³/mol. The summed E-state index contributed by atoms with van der Waals surface area (Å²) in [5.74, 6) is 0. The summed E-state index contributed by atoms with van der Waals surface area (Å²) in [5.41, 5.74) is 2.22. The van der Waals surface area contributed by atoms with Crippen LogP contribution >= 0.6 is 0 Å². The zero-order valence-corrected chi connectivity index (χ0v) is 8.60. The monoisotopic (exact) mass is 192 g/mol. The second-order valence-corrected chi connectivity index (χ2v) is 3.28. The van der Waals surface area contributed by atoms with Gasteiger partial charge in [-0.3, -0.25) is 0 Å². The first-order chi connectivity index (χ1) is 6.72. The van der Waals surface area contributed by atoms with Crippen LogP contribution in [-0.4, -0.2) is 18.3 Å². The van der Waals surface area contributed by atoms with Gasteiger partial charge in [0.1, 0.15) is 0 Å². The number of hydrogen-bond acceptors (Lipinski definition) is 2. The lowest BCUT2D eigenvalue weighted by Crippen LogP contribution is -1.92. The van der Waals surface area contributed by atoms with E-state index in [1.807, 2.05) is 30.3 Å². The van der Waals surface area contributed by atoms with Crippen LogP contribution in [0.3, 0.4) is 0 Å². The molecule has 1 unspecified atom stereocenters. The molecule has 0 fully saturated rings. The fourth-order valence-electron chi connectivity index (χ4n) is 1.20. The minimum absolute atomic E-state index is 0.402. The SMILES string of the molecule is COCc1cccc(/C=C/C(C)O)c1. The van der Waals surface area contributed by atoms with Crippen LogP contribution in [-0.2, 0) is 11.3 Å². The fraction of sp³-hybridized carbons (Fsp3) is 0.333. The molecule has 76 valence electrons. The van der Waals surface area contributed by atoms with E-state index in [-0.39, 0.29) is 0 Å². The molecule has 0 saturated heterocycles. The number of methoxy groups -OCH3 is 1. The Kier molecular flexibility index (Phi) is 4.36. The number of aliphatic hydroxyl groups is 1. The van der Waals surface area contributed by atoms with Crippen LogP contribution in [0.4, 0.5) is 0 Å². The maximum atomic E-state index is 9.07.